The van der Waals surface area contributed by atoms with Crippen LogP contribution in [0.5, 0.6) is 5.75 Å². The normalized spacial score (nSPS) is 11.8. The second-order valence-corrected chi connectivity index (χ2v) is 13.2. The van der Waals surface area contributed by atoms with Crippen LogP contribution in [-0.2, 0) is 32.6 Å². The van der Waals surface area contributed by atoms with Crippen LogP contribution in [0.2, 0.25) is 10.0 Å². The third-order valence-electron chi connectivity index (χ3n) is 7.23. The molecule has 0 fully saturated rings. The quantitative estimate of drug-likeness (QED) is 0.150. The lowest BCUT2D eigenvalue weighted by molar-refractivity contribution is -0.140. The average Bonchev–Trinajstić information content (AvgIpc) is 3.06. The zero-order chi connectivity index (χ0) is 33.1. The summed E-state index contributed by atoms with van der Waals surface area (Å²) in [5.41, 5.74) is 1.63. The Morgan fingerprint density at radius 2 is 1.50 bits per heavy atom. The summed E-state index contributed by atoms with van der Waals surface area (Å²) in [5.74, 6) is -0.668. The van der Waals surface area contributed by atoms with Gasteiger partial charge in [-0.2, -0.15) is 0 Å². The maximum absolute atomic E-state index is 14.6. The van der Waals surface area contributed by atoms with Crippen LogP contribution in [0.4, 0.5) is 5.69 Å². The lowest BCUT2D eigenvalue weighted by atomic mass is 10.0. The summed E-state index contributed by atoms with van der Waals surface area (Å²) >= 11 is 12.6. The third-order valence-corrected chi connectivity index (χ3v) is 9.63. The van der Waals surface area contributed by atoms with Gasteiger partial charge >= 0.3 is 0 Å². The molecule has 0 bridgehead atoms. The van der Waals surface area contributed by atoms with Gasteiger partial charge in [0.2, 0.25) is 11.8 Å². The van der Waals surface area contributed by atoms with E-state index >= 15 is 0 Å². The number of nitrogens with one attached hydrogen (secondary N) is 1. The van der Waals surface area contributed by atoms with Gasteiger partial charge in [0, 0.05) is 29.6 Å². The SMILES string of the molecule is CCCNC(=O)C(Cc1ccccc1)N(Cc1ccccc1Cl)C(=O)CN(c1ccccc1OCC)S(=O)(=O)c1ccc(Cl)cc1. The second kappa shape index (κ2) is 16.5. The van der Waals surface area contributed by atoms with Crippen molar-refractivity contribution in [2.24, 2.45) is 0 Å². The first kappa shape index (κ1) is 34.8. The lowest BCUT2D eigenvalue weighted by Gasteiger charge is -2.34. The van der Waals surface area contributed by atoms with Crippen molar-refractivity contribution in [2.45, 2.75) is 44.2 Å². The monoisotopic (exact) mass is 681 g/mol. The Kier molecular flexibility index (Phi) is 12.5. The van der Waals surface area contributed by atoms with Crippen LogP contribution in [0.15, 0.2) is 108 Å². The molecule has 0 aromatic heterocycles. The highest BCUT2D eigenvalue weighted by atomic mass is 35.5. The molecule has 242 valence electrons. The van der Waals surface area contributed by atoms with E-state index in [0.717, 1.165) is 9.87 Å². The first-order valence-electron chi connectivity index (χ1n) is 15.0. The number of ether oxygens (including phenoxy) is 1. The molecule has 4 rings (SSSR count). The van der Waals surface area contributed by atoms with Crippen molar-refractivity contribution in [3.8, 4) is 5.75 Å². The minimum atomic E-state index is -4.32. The van der Waals surface area contributed by atoms with Gasteiger partial charge in [0.05, 0.1) is 17.2 Å². The van der Waals surface area contributed by atoms with E-state index in [1.54, 1.807) is 55.5 Å². The van der Waals surface area contributed by atoms with Gasteiger partial charge in [-0.15, -0.1) is 0 Å². The van der Waals surface area contributed by atoms with E-state index in [-0.39, 0.29) is 41.8 Å². The molecule has 1 atom stereocenters. The standard InChI is InChI=1S/C35H37Cl2N3O5S/c1-3-22-38-35(42)32(23-26-12-6-5-7-13-26)39(24-27-14-8-9-15-30(27)37)34(41)25-40(31-16-10-11-17-33(31)45-4-2)46(43,44)29-20-18-28(36)19-21-29/h5-21,32H,3-4,22-25H2,1-2H3,(H,38,42). The highest BCUT2D eigenvalue weighted by Gasteiger charge is 2.35. The predicted octanol–water partition coefficient (Wildman–Crippen LogP) is 6.75. The van der Waals surface area contributed by atoms with Crippen LogP contribution in [0, 0.1) is 0 Å². The van der Waals surface area contributed by atoms with Crippen molar-refractivity contribution >= 4 is 50.7 Å². The van der Waals surface area contributed by atoms with Crippen LogP contribution < -0.4 is 14.4 Å². The van der Waals surface area contributed by atoms with E-state index in [1.807, 2.05) is 37.3 Å². The Bertz CT molecular complexity index is 1720. The summed E-state index contributed by atoms with van der Waals surface area (Å²) in [5, 5.41) is 3.71. The minimum Gasteiger partial charge on any atom is -0.492 e. The summed E-state index contributed by atoms with van der Waals surface area (Å²) < 4.78 is 35.3. The molecule has 0 saturated carbocycles. The van der Waals surface area contributed by atoms with E-state index in [1.165, 1.54) is 29.2 Å². The first-order valence-corrected chi connectivity index (χ1v) is 17.2. The Labute approximate surface area is 280 Å². The fourth-order valence-electron chi connectivity index (χ4n) is 4.92. The molecule has 2 amide bonds. The number of hydrogen-bond acceptors (Lipinski definition) is 5. The molecule has 0 aliphatic carbocycles. The maximum atomic E-state index is 14.6. The molecule has 46 heavy (non-hydrogen) atoms. The molecule has 0 heterocycles. The van der Waals surface area contributed by atoms with E-state index in [2.05, 4.69) is 5.32 Å². The molecule has 0 aliphatic heterocycles. The topological polar surface area (TPSA) is 96.0 Å². The number of rotatable bonds is 15. The van der Waals surface area contributed by atoms with Gasteiger partial charge < -0.3 is 15.0 Å². The molecule has 1 unspecified atom stereocenters. The molecule has 4 aromatic rings. The number of carbonyl (C=O) groups is 2. The van der Waals surface area contributed by atoms with Crippen molar-refractivity contribution < 1.29 is 22.7 Å². The minimum absolute atomic E-state index is 0.0303. The smallest absolute Gasteiger partial charge is 0.264 e. The Morgan fingerprint density at radius 1 is 0.848 bits per heavy atom. The summed E-state index contributed by atoms with van der Waals surface area (Å²) in [6.07, 6.45) is 0.898. The maximum Gasteiger partial charge on any atom is 0.264 e. The predicted molar refractivity (Wildman–Crippen MR) is 183 cm³/mol. The molecule has 0 spiro atoms. The number of nitrogens with zero attached hydrogens (tertiary/aromatic N) is 2. The van der Waals surface area contributed by atoms with Crippen LogP contribution in [-0.4, -0.2) is 50.9 Å². The molecule has 1 N–H and O–H groups in total. The molecule has 8 nitrogen and oxygen atoms in total. The molecular weight excluding hydrogens is 645 g/mol. The van der Waals surface area contributed by atoms with Gasteiger partial charge in [-0.1, -0.05) is 90.8 Å². The third kappa shape index (κ3) is 8.81. The van der Waals surface area contributed by atoms with Crippen molar-refractivity contribution in [2.75, 3.05) is 24.0 Å². The van der Waals surface area contributed by atoms with Gasteiger partial charge in [0.1, 0.15) is 18.3 Å². The van der Waals surface area contributed by atoms with E-state index in [9.17, 15) is 18.0 Å². The summed E-state index contributed by atoms with van der Waals surface area (Å²) in [4.78, 5) is 29.7. The van der Waals surface area contributed by atoms with Gasteiger partial charge in [0.15, 0.2) is 0 Å². The molecule has 11 heteroatoms. The van der Waals surface area contributed by atoms with Gasteiger partial charge in [-0.3, -0.25) is 13.9 Å². The highest BCUT2D eigenvalue weighted by molar-refractivity contribution is 7.92. The van der Waals surface area contributed by atoms with Crippen LogP contribution >= 0.6 is 23.2 Å². The second-order valence-electron chi connectivity index (χ2n) is 10.5. The molecule has 0 radical (unpaired) electrons. The molecule has 0 aliphatic rings. The molecular formula is C35H37Cl2N3O5S. The van der Waals surface area contributed by atoms with E-state index in [4.69, 9.17) is 27.9 Å². The van der Waals surface area contributed by atoms with E-state index < -0.39 is 28.5 Å². The molecule has 0 saturated heterocycles. The van der Waals surface area contributed by atoms with Crippen LogP contribution in [0.1, 0.15) is 31.4 Å². The Balaban J connectivity index is 1.84. The largest absolute Gasteiger partial charge is 0.492 e. The number of carbonyl (C=O) groups excluding carboxylic acids is 2. The summed E-state index contributed by atoms with van der Waals surface area (Å²) in [7, 11) is -4.32. The summed E-state index contributed by atoms with van der Waals surface area (Å²) in [6.45, 7) is 3.76. The van der Waals surface area contributed by atoms with Crippen molar-refractivity contribution in [1.29, 1.82) is 0 Å². The number of anilines is 1. The van der Waals surface area contributed by atoms with Crippen LogP contribution in [0.3, 0.4) is 0 Å². The van der Waals surface area contributed by atoms with Gasteiger partial charge in [-0.25, -0.2) is 8.42 Å². The van der Waals surface area contributed by atoms with Crippen molar-refractivity contribution in [3.05, 3.63) is 124 Å². The molecule has 4 aromatic carbocycles. The van der Waals surface area contributed by atoms with Gasteiger partial charge in [-0.05, 0) is 66.9 Å². The number of halogens is 2. The average molecular weight is 683 g/mol. The first-order chi connectivity index (χ1) is 22.1. The fourth-order valence-corrected chi connectivity index (χ4v) is 6.66. The van der Waals surface area contributed by atoms with Crippen molar-refractivity contribution in [3.63, 3.8) is 0 Å². The van der Waals surface area contributed by atoms with E-state index in [0.29, 0.717) is 28.6 Å². The van der Waals surface area contributed by atoms with Gasteiger partial charge in [0.25, 0.3) is 10.0 Å². The lowest BCUT2D eigenvalue weighted by Crippen LogP contribution is -2.53. The number of benzene rings is 4. The Morgan fingerprint density at radius 3 is 2.17 bits per heavy atom. The number of sulfonamides is 1. The fraction of sp³-hybridized carbons (Fsp3) is 0.257. The highest BCUT2D eigenvalue weighted by Crippen LogP contribution is 2.33. The number of hydrogen-bond donors (Lipinski definition) is 1. The van der Waals surface area contributed by atoms with Crippen LogP contribution in [0.25, 0.3) is 0 Å². The zero-order valence-electron chi connectivity index (χ0n) is 25.7. The number of amides is 2. The Hall–Kier alpha value is -4.05. The summed E-state index contributed by atoms with van der Waals surface area (Å²) in [6, 6.07) is 27.8. The van der Waals surface area contributed by atoms with Crippen molar-refractivity contribution in [1.82, 2.24) is 10.2 Å². The zero-order valence-corrected chi connectivity index (χ0v) is 28.1. The number of para-hydroxylation sites is 2.